The Balaban J connectivity index is 2.21. The van der Waals surface area contributed by atoms with E-state index in [1.165, 1.54) is 0 Å². The number of piperidine rings is 1. The highest BCUT2D eigenvalue weighted by Crippen LogP contribution is 2.53. The fourth-order valence-corrected chi connectivity index (χ4v) is 4.14. The Labute approximate surface area is 120 Å². The molecule has 2 N–H and O–H groups in total. The van der Waals surface area contributed by atoms with E-state index in [-0.39, 0.29) is 10.8 Å². The summed E-state index contributed by atoms with van der Waals surface area (Å²) in [6.07, 6.45) is 3.85. The van der Waals surface area contributed by atoms with Gasteiger partial charge in [-0.05, 0) is 48.9 Å². The van der Waals surface area contributed by atoms with Gasteiger partial charge in [-0.2, -0.15) is 0 Å². The fraction of sp³-hybridized carbons (Fsp3) is 0.867. The van der Waals surface area contributed by atoms with Crippen molar-refractivity contribution in [3.05, 3.63) is 0 Å². The van der Waals surface area contributed by atoms with Gasteiger partial charge in [0.2, 0.25) is 0 Å². The van der Waals surface area contributed by atoms with Crippen molar-refractivity contribution in [3.63, 3.8) is 0 Å². The Kier molecular flexibility index (Phi) is 3.98. The van der Waals surface area contributed by atoms with Gasteiger partial charge < -0.3 is 15.2 Å². The predicted molar refractivity (Wildman–Crippen MR) is 77.3 cm³/mol. The number of hydrogen-bond acceptors (Lipinski definition) is 3. The molecule has 1 aliphatic heterocycles. The molecule has 0 aromatic rings. The standard InChI is InChI=1S/C15H26N2O3/c1-14(2,3)12-10-17(13(18)19)9-8-15(12)6-4-11(16-20)5-7-15/h12,20H,4-10H2,1-3H3,(H,18,19). The van der Waals surface area contributed by atoms with Crippen LogP contribution in [0.4, 0.5) is 4.79 Å². The summed E-state index contributed by atoms with van der Waals surface area (Å²) in [7, 11) is 0. The Morgan fingerprint density at radius 3 is 2.35 bits per heavy atom. The molecule has 1 saturated carbocycles. The van der Waals surface area contributed by atoms with Gasteiger partial charge in [0.25, 0.3) is 0 Å². The minimum absolute atomic E-state index is 0.0853. The molecule has 1 atom stereocenters. The first kappa shape index (κ1) is 15.1. The van der Waals surface area contributed by atoms with Crippen LogP contribution >= 0.6 is 0 Å². The topological polar surface area (TPSA) is 73.1 Å². The average molecular weight is 282 g/mol. The zero-order valence-electron chi connectivity index (χ0n) is 12.7. The second kappa shape index (κ2) is 5.26. The maximum Gasteiger partial charge on any atom is 0.407 e. The lowest BCUT2D eigenvalue weighted by molar-refractivity contribution is -0.0352. The van der Waals surface area contributed by atoms with E-state index in [1.807, 2.05) is 0 Å². The first-order valence-electron chi connectivity index (χ1n) is 7.46. The van der Waals surface area contributed by atoms with Crippen molar-refractivity contribution in [3.8, 4) is 0 Å². The monoisotopic (exact) mass is 282 g/mol. The van der Waals surface area contributed by atoms with Gasteiger partial charge in [-0.3, -0.25) is 0 Å². The molecule has 20 heavy (non-hydrogen) atoms. The first-order chi connectivity index (χ1) is 9.28. The van der Waals surface area contributed by atoms with E-state index in [4.69, 9.17) is 5.21 Å². The number of likely N-dealkylation sites (tertiary alicyclic amines) is 1. The lowest BCUT2D eigenvalue weighted by Crippen LogP contribution is -2.54. The summed E-state index contributed by atoms with van der Waals surface area (Å²) in [6.45, 7) is 7.89. The molecule has 5 heteroatoms. The van der Waals surface area contributed by atoms with Crippen molar-refractivity contribution in [2.75, 3.05) is 13.1 Å². The zero-order chi connectivity index (χ0) is 15.0. The van der Waals surface area contributed by atoms with Crippen molar-refractivity contribution >= 4 is 11.8 Å². The van der Waals surface area contributed by atoms with Crippen LogP contribution in [0.15, 0.2) is 5.16 Å². The van der Waals surface area contributed by atoms with Crippen LogP contribution in [-0.4, -0.2) is 40.1 Å². The van der Waals surface area contributed by atoms with Crippen molar-refractivity contribution < 1.29 is 15.1 Å². The highest BCUT2D eigenvalue weighted by atomic mass is 16.4. The fourth-order valence-electron chi connectivity index (χ4n) is 4.14. The molecule has 2 aliphatic rings. The number of carbonyl (C=O) groups is 1. The lowest BCUT2D eigenvalue weighted by atomic mass is 9.55. The van der Waals surface area contributed by atoms with E-state index >= 15 is 0 Å². The van der Waals surface area contributed by atoms with E-state index in [9.17, 15) is 9.90 Å². The molecule has 1 spiro atoms. The molecule has 5 nitrogen and oxygen atoms in total. The molecule has 1 unspecified atom stereocenters. The third-order valence-electron chi connectivity index (χ3n) is 5.30. The summed E-state index contributed by atoms with van der Waals surface area (Å²) in [6, 6.07) is 0. The van der Waals surface area contributed by atoms with E-state index in [0.717, 1.165) is 37.8 Å². The highest BCUT2D eigenvalue weighted by Gasteiger charge is 2.49. The van der Waals surface area contributed by atoms with Gasteiger partial charge >= 0.3 is 6.09 Å². The Hall–Kier alpha value is -1.26. The van der Waals surface area contributed by atoms with Crippen LogP contribution in [0.1, 0.15) is 52.9 Å². The summed E-state index contributed by atoms with van der Waals surface area (Å²) in [5.74, 6) is 0.361. The molecule has 1 aliphatic carbocycles. The van der Waals surface area contributed by atoms with E-state index in [1.54, 1.807) is 4.90 Å². The molecular formula is C15H26N2O3. The lowest BCUT2D eigenvalue weighted by Gasteiger charge is -2.54. The van der Waals surface area contributed by atoms with Gasteiger partial charge in [0, 0.05) is 13.1 Å². The number of oxime groups is 1. The van der Waals surface area contributed by atoms with Crippen LogP contribution in [0.5, 0.6) is 0 Å². The molecule has 1 amide bonds. The molecular weight excluding hydrogens is 256 g/mol. The summed E-state index contributed by atoms with van der Waals surface area (Å²) in [5, 5.41) is 21.6. The number of rotatable bonds is 0. The number of nitrogens with zero attached hydrogens (tertiary/aromatic N) is 2. The molecule has 2 rings (SSSR count). The van der Waals surface area contributed by atoms with Crippen LogP contribution in [0.2, 0.25) is 0 Å². The Bertz CT molecular complexity index is 402. The maximum absolute atomic E-state index is 11.3. The summed E-state index contributed by atoms with van der Waals surface area (Å²) in [5.41, 5.74) is 1.18. The third-order valence-corrected chi connectivity index (χ3v) is 5.30. The second-order valence-electron chi connectivity index (χ2n) is 7.43. The van der Waals surface area contributed by atoms with E-state index in [0.29, 0.717) is 19.0 Å². The Morgan fingerprint density at radius 2 is 1.90 bits per heavy atom. The second-order valence-corrected chi connectivity index (χ2v) is 7.43. The summed E-state index contributed by atoms with van der Waals surface area (Å²) < 4.78 is 0. The first-order valence-corrected chi connectivity index (χ1v) is 7.46. The molecule has 1 saturated heterocycles. The molecule has 0 radical (unpaired) electrons. The van der Waals surface area contributed by atoms with Crippen LogP contribution in [0, 0.1) is 16.7 Å². The van der Waals surface area contributed by atoms with Gasteiger partial charge in [0.15, 0.2) is 0 Å². The van der Waals surface area contributed by atoms with E-state index in [2.05, 4.69) is 25.9 Å². The van der Waals surface area contributed by atoms with Crippen molar-refractivity contribution in [1.82, 2.24) is 4.90 Å². The van der Waals surface area contributed by atoms with Crippen LogP contribution in [0.3, 0.4) is 0 Å². The molecule has 0 aromatic heterocycles. The molecule has 0 aromatic carbocycles. The minimum Gasteiger partial charge on any atom is -0.465 e. The summed E-state index contributed by atoms with van der Waals surface area (Å²) in [4.78, 5) is 12.8. The van der Waals surface area contributed by atoms with Gasteiger partial charge in [0.1, 0.15) is 0 Å². The van der Waals surface area contributed by atoms with E-state index < -0.39 is 6.09 Å². The maximum atomic E-state index is 11.3. The molecule has 114 valence electrons. The zero-order valence-corrected chi connectivity index (χ0v) is 12.7. The minimum atomic E-state index is -0.803. The molecule has 2 fully saturated rings. The summed E-state index contributed by atoms with van der Waals surface area (Å²) >= 11 is 0. The van der Waals surface area contributed by atoms with Crippen molar-refractivity contribution in [2.24, 2.45) is 21.9 Å². The SMILES string of the molecule is CC(C)(C)C1CN(C(=O)O)CCC12CCC(=NO)CC2. The van der Waals surface area contributed by atoms with Gasteiger partial charge in [-0.1, -0.05) is 25.9 Å². The van der Waals surface area contributed by atoms with Crippen molar-refractivity contribution in [2.45, 2.75) is 52.9 Å². The normalized spacial score (nSPS) is 31.4. The average Bonchev–Trinajstić information content (AvgIpc) is 2.38. The van der Waals surface area contributed by atoms with Gasteiger partial charge in [0.05, 0.1) is 5.71 Å². The third kappa shape index (κ3) is 2.76. The molecule has 0 bridgehead atoms. The largest absolute Gasteiger partial charge is 0.465 e. The smallest absolute Gasteiger partial charge is 0.407 e. The molecule has 1 heterocycles. The number of hydrogen-bond donors (Lipinski definition) is 2. The van der Waals surface area contributed by atoms with Crippen LogP contribution in [0.25, 0.3) is 0 Å². The predicted octanol–water partition coefficient (Wildman–Crippen LogP) is 3.42. The van der Waals surface area contributed by atoms with Crippen LogP contribution in [-0.2, 0) is 0 Å². The quantitative estimate of drug-likeness (QED) is 0.528. The van der Waals surface area contributed by atoms with Gasteiger partial charge in [-0.15, -0.1) is 0 Å². The Morgan fingerprint density at radius 1 is 1.30 bits per heavy atom. The number of carboxylic acid groups (broad SMARTS) is 1. The highest BCUT2D eigenvalue weighted by molar-refractivity contribution is 5.84. The van der Waals surface area contributed by atoms with Gasteiger partial charge in [-0.25, -0.2) is 4.79 Å². The van der Waals surface area contributed by atoms with Crippen LogP contribution < -0.4 is 0 Å². The van der Waals surface area contributed by atoms with Crippen molar-refractivity contribution in [1.29, 1.82) is 0 Å². The number of amides is 1.